The average molecular weight is 444 g/mol. The normalized spacial score (nSPS) is 17.9. The molecule has 1 saturated heterocycles. The number of benzene rings is 2. The summed E-state index contributed by atoms with van der Waals surface area (Å²) in [6.45, 7) is 6.76. The summed E-state index contributed by atoms with van der Waals surface area (Å²) in [7, 11) is -3.74. The Hall–Kier alpha value is -2.38. The Bertz CT molecular complexity index is 992. The molecule has 0 spiro atoms. The van der Waals surface area contributed by atoms with Gasteiger partial charge in [-0.1, -0.05) is 37.3 Å². The minimum absolute atomic E-state index is 0.173. The molecule has 31 heavy (non-hydrogen) atoms. The van der Waals surface area contributed by atoms with E-state index in [9.17, 15) is 13.2 Å². The Labute approximate surface area is 186 Å². The van der Waals surface area contributed by atoms with Crippen molar-refractivity contribution in [3.05, 3.63) is 54.1 Å². The summed E-state index contributed by atoms with van der Waals surface area (Å²) in [5.41, 5.74) is 2.09. The molecule has 1 heterocycles. The maximum Gasteiger partial charge on any atom is 0.242 e. The van der Waals surface area contributed by atoms with Crippen LogP contribution in [0.5, 0.6) is 0 Å². The molecule has 7 heteroatoms. The van der Waals surface area contributed by atoms with E-state index >= 15 is 0 Å². The number of rotatable bonds is 8. The van der Waals surface area contributed by atoms with Gasteiger partial charge in [0, 0.05) is 24.3 Å². The summed E-state index contributed by atoms with van der Waals surface area (Å²) < 4.78 is 29.3. The molecule has 1 aliphatic heterocycles. The van der Waals surface area contributed by atoms with Crippen molar-refractivity contribution < 1.29 is 13.2 Å². The van der Waals surface area contributed by atoms with Gasteiger partial charge in [-0.2, -0.15) is 0 Å². The molecule has 2 aromatic rings. The lowest BCUT2D eigenvalue weighted by molar-refractivity contribution is -0.115. The van der Waals surface area contributed by atoms with E-state index in [1.807, 2.05) is 50.2 Å². The van der Waals surface area contributed by atoms with Gasteiger partial charge in [-0.15, -0.1) is 0 Å². The van der Waals surface area contributed by atoms with Crippen molar-refractivity contribution in [2.24, 2.45) is 0 Å². The second-order valence-electron chi connectivity index (χ2n) is 8.36. The highest BCUT2D eigenvalue weighted by molar-refractivity contribution is 7.89. The number of piperidine rings is 1. The average Bonchev–Trinajstić information content (AvgIpc) is 2.74. The number of sulfonamides is 1. The fourth-order valence-corrected chi connectivity index (χ4v) is 5.46. The highest BCUT2D eigenvalue weighted by Gasteiger charge is 2.27. The smallest absolute Gasteiger partial charge is 0.242 e. The van der Waals surface area contributed by atoms with Crippen LogP contribution in [0.1, 0.15) is 52.0 Å². The van der Waals surface area contributed by atoms with Crippen molar-refractivity contribution in [3.63, 3.8) is 0 Å². The van der Waals surface area contributed by atoms with Crippen LogP contribution < -0.4 is 14.9 Å². The van der Waals surface area contributed by atoms with Gasteiger partial charge in [0.05, 0.1) is 12.1 Å². The molecular weight excluding hydrogens is 410 g/mol. The number of hydrogen-bond donors (Lipinski definition) is 2. The quantitative estimate of drug-likeness (QED) is 0.637. The molecule has 1 aliphatic rings. The minimum atomic E-state index is -3.74. The molecule has 0 bridgehead atoms. The van der Waals surface area contributed by atoms with Crippen molar-refractivity contribution >= 4 is 27.3 Å². The molecular formula is C24H33N3O3S. The molecule has 6 nitrogen and oxygen atoms in total. The standard InChI is InChI=1S/C24H33N3O3S/c1-4-18(2)26-31(29,30)23-17-21(25-24(28)16-20-11-6-5-7-12-20)13-14-22(23)27-15-9-8-10-19(27)3/h5-7,11-14,17-19,26H,4,8-10,15-16H2,1-3H3,(H,25,28)/t18-,19-/m0/s1. The first-order valence-electron chi connectivity index (χ1n) is 11.1. The Morgan fingerprint density at radius 1 is 1.16 bits per heavy atom. The second kappa shape index (κ2) is 10.3. The maximum atomic E-state index is 13.3. The predicted molar refractivity (Wildman–Crippen MR) is 126 cm³/mol. The predicted octanol–water partition coefficient (Wildman–Crippen LogP) is 4.32. The fraction of sp³-hybridized carbons (Fsp3) is 0.458. The molecule has 0 radical (unpaired) electrons. The number of carbonyl (C=O) groups is 1. The van der Waals surface area contributed by atoms with Gasteiger partial charge in [0.2, 0.25) is 15.9 Å². The van der Waals surface area contributed by atoms with E-state index < -0.39 is 10.0 Å². The number of nitrogens with one attached hydrogen (secondary N) is 2. The van der Waals surface area contributed by atoms with Crippen LogP contribution in [0.4, 0.5) is 11.4 Å². The number of nitrogens with zero attached hydrogens (tertiary/aromatic N) is 1. The molecule has 0 saturated carbocycles. The number of carbonyl (C=O) groups excluding carboxylic acids is 1. The van der Waals surface area contributed by atoms with E-state index in [2.05, 4.69) is 21.9 Å². The summed E-state index contributed by atoms with van der Waals surface area (Å²) in [6.07, 6.45) is 4.16. The van der Waals surface area contributed by atoms with E-state index in [4.69, 9.17) is 0 Å². The highest BCUT2D eigenvalue weighted by atomic mass is 32.2. The van der Waals surface area contributed by atoms with Gasteiger partial charge in [0.25, 0.3) is 0 Å². The van der Waals surface area contributed by atoms with Crippen molar-refractivity contribution in [1.29, 1.82) is 0 Å². The first-order chi connectivity index (χ1) is 14.8. The SMILES string of the molecule is CC[C@H](C)NS(=O)(=O)c1cc(NC(=O)Cc2ccccc2)ccc1N1CCCC[C@@H]1C. The number of amides is 1. The van der Waals surface area contributed by atoms with E-state index in [1.54, 1.807) is 12.1 Å². The largest absolute Gasteiger partial charge is 0.368 e. The molecule has 0 aliphatic carbocycles. The maximum absolute atomic E-state index is 13.3. The molecule has 1 amide bonds. The fourth-order valence-electron chi connectivity index (χ4n) is 3.90. The zero-order valence-electron chi connectivity index (χ0n) is 18.6. The van der Waals surface area contributed by atoms with Crippen LogP contribution in [-0.2, 0) is 21.2 Å². The van der Waals surface area contributed by atoms with Crippen molar-refractivity contribution in [3.8, 4) is 0 Å². The van der Waals surface area contributed by atoms with Gasteiger partial charge in [0.15, 0.2) is 0 Å². The van der Waals surface area contributed by atoms with Crippen LogP contribution in [0, 0.1) is 0 Å². The summed E-state index contributed by atoms with van der Waals surface area (Å²) in [5, 5.41) is 2.86. The third-order valence-corrected chi connectivity index (χ3v) is 7.44. The van der Waals surface area contributed by atoms with E-state index in [1.165, 1.54) is 0 Å². The van der Waals surface area contributed by atoms with Crippen LogP contribution >= 0.6 is 0 Å². The zero-order chi connectivity index (χ0) is 22.4. The second-order valence-corrected chi connectivity index (χ2v) is 10.0. The lowest BCUT2D eigenvalue weighted by atomic mass is 10.0. The van der Waals surface area contributed by atoms with Crippen LogP contribution in [0.25, 0.3) is 0 Å². The highest BCUT2D eigenvalue weighted by Crippen LogP contribution is 2.33. The Morgan fingerprint density at radius 3 is 2.58 bits per heavy atom. The van der Waals surface area contributed by atoms with Crippen LogP contribution in [0.3, 0.4) is 0 Å². The molecule has 1 fully saturated rings. The van der Waals surface area contributed by atoms with Gasteiger partial charge in [-0.25, -0.2) is 13.1 Å². The molecule has 0 aromatic heterocycles. The van der Waals surface area contributed by atoms with E-state index in [0.29, 0.717) is 17.8 Å². The third-order valence-electron chi connectivity index (χ3n) is 5.82. The van der Waals surface area contributed by atoms with Crippen molar-refractivity contribution in [2.75, 3.05) is 16.8 Å². The van der Waals surface area contributed by atoms with Gasteiger partial charge in [-0.3, -0.25) is 4.79 Å². The summed E-state index contributed by atoms with van der Waals surface area (Å²) in [6, 6.07) is 14.8. The molecule has 2 N–H and O–H groups in total. The van der Waals surface area contributed by atoms with Crippen LogP contribution in [0.2, 0.25) is 0 Å². The molecule has 2 atom stereocenters. The van der Waals surface area contributed by atoms with Crippen molar-refractivity contribution in [2.45, 2.75) is 69.9 Å². The van der Waals surface area contributed by atoms with E-state index in [0.717, 1.165) is 31.4 Å². The third kappa shape index (κ3) is 6.08. The van der Waals surface area contributed by atoms with Gasteiger partial charge in [-0.05, 0) is 63.3 Å². The Kier molecular flexibility index (Phi) is 7.73. The molecule has 0 unspecified atom stereocenters. The topological polar surface area (TPSA) is 78.5 Å². The summed E-state index contributed by atoms with van der Waals surface area (Å²) in [4.78, 5) is 14.9. The zero-order valence-corrected chi connectivity index (χ0v) is 19.4. The van der Waals surface area contributed by atoms with Gasteiger partial charge < -0.3 is 10.2 Å². The van der Waals surface area contributed by atoms with Gasteiger partial charge in [0.1, 0.15) is 4.90 Å². The molecule has 3 rings (SSSR count). The van der Waals surface area contributed by atoms with E-state index in [-0.39, 0.29) is 29.3 Å². The van der Waals surface area contributed by atoms with Crippen LogP contribution in [0.15, 0.2) is 53.4 Å². The first-order valence-corrected chi connectivity index (χ1v) is 12.5. The Morgan fingerprint density at radius 2 is 1.90 bits per heavy atom. The minimum Gasteiger partial charge on any atom is -0.368 e. The summed E-state index contributed by atoms with van der Waals surface area (Å²) in [5.74, 6) is -0.177. The molecule has 2 aromatic carbocycles. The lowest BCUT2D eigenvalue weighted by Crippen LogP contribution is -2.39. The molecule has 168 valence electrons. The van der Waals surface area contributed by atoms with Crippen LogP contribution in [-0.4, -0.2) is 33.0 Å². The number of anilines is 2. The van der Waals surface area contributed by atoms with Crippen molar-refractivity contribution in [1.82, 2.24) is 4.72 Å². The Balaban J connectivity index is 1.91. The monoisotopic (exact) mass is 443 g/mol. The number of hydrogen-bond acceptors (Lipinski definition) is 4. The van der Waals surface area contributed by atoms with Gasteiger partial charge >= 0.3 is 0 Å². The first kappa shape index (κ1) is 23.3. The summed E-state index contributed by atoms with van der Waals surface area (Å²) >= 11 is 0. The lowest BCUT2D eigenvalue weighted by Gasteiger charge is -2.36.